The Bertz CT molecular complexity index is 501. The fourth-order valence-electron chi connectivity index (χ4n) is 3.19. The Morgan fingerprint density at radius 2 is 2.09 bits per heavy atom. The van der Waals surface area contributed by atoms with Gasteiger partial charge in [-0.25, -0.2) is 0 Å². The highest BCUT2D eigenvalue weighted by molar-refractivity contribution is 5.43. The Morgan fingerprint density at radius 3 is 2.68 bits per heavy atom. The molecule has 6 heteroatoms. The maximum Gasteiger partial charge on any atom is 0.270 e. The van der Waals surface area contributed by atoms with Crippen molar-refractivity contribution in [3.8, 4) is 5.75 Å². The third kappa shape index (κ3) is 4.18. The van der Waals surface area contributed by atoms with E-state index in [1.807, 2.05) is 0 Å². The number of methoxy groups -OCH3 is 1. The van der Waals surface area contributed by atoms with E-state index >= 15 is 0 Å². The van der Waals surface area contributed by atoms with Gasteiger partial charge in [0.15, 0.2) is 0 Å². The van der Waals surface area contributed by atoms with Crippen LogP contribution in [0.1, 0.15) is 37.7 Å². The van der Waals surface area contributed by atoms with Crippen LogP contribution >= 0.6 is 0 Å². The zero-order chi connectivity index (χ0) is 15.9. The largest absolute Gasteiger partial charge is 0.496 e. The molecule has 0 aliphatic heterocycles. The second-order valence-electron chi connectivity index (χ2n) is 5.74. The van der Waals surface area contributed by atoms with E-state index in [1.165, 1.54) is 25.3 Å². The Kier molecular flexibility index (Phi) is 6.15. The van der Waals surface area contributed by atoms with Gasteiger partial charge in [0, 0.05) is 36.8 Å². The van der Waals surface area contributed by atoms with E-state index in [1.54, 1.807) is 19.2 Å². The standard InChI is InChI=1S/C16H24N2O4/c1-22-16-8-7-15(18(20)21)11-13(16)12-17(9-10-19)14-5-3-2-4-6-14/h7-8,11,14,19H,2-6,9-10,12H2,1H3. The quantitative estimate of drug-likeness (QED) is 0.619. The molecule has 0 saturated heterocycles. The summed E-state index contributed by atoms with van der Waals surface area (Å²) in [6.45, 7) is 1.24. The van der Waals surface area contributed by atoms with E-state index < -0.39 is 0 Å². The number of aliphatic hydroxyl groups is 1. The number of hydrogen-bond acceptors (Lipinski definition) is 5. The van der Waals surface area contributed by atoms with Gasteiger partial charge in [0.05, 0.1) is 18.6 Å². The number of benzene rings is 1. The molecule has 0 aromatic heterocycles. The van der Waals surface area contributed by atoms with Gasteiger partial charge in [-0.2, -0.15) is 0 Å². The maximum atomic E-state index is 11.0. The van der Waals surface area contributed by atoms with E-state index in [0.717, 1.165) is 18.4 Å². The molecule has 6 nitrogen and oxygen atoms in total. The average molecular weight is 308 g/mol. The van der Waals surface area contributed by atoms with Gasteiger partial charge >= 0.3 is 0 Å². The van der Waals surface area contributed by atoms with Crippen molar-refractivity contribution in [2.45, 2.75) is 44.7 Å². The Morgan fingerprint density at radius 1 is 1.36 bits per heavy atom. The van der Waals surface area contributed by atoms with Gasteiger partial charge in [-0.05, 0) is 18.9 Å². The first-order valence-electron chi connectivity index (χ1n) is 7.82. The van der Waals surface area contributed by atoms with Crippen LogP contribution in [0, 0.1) is 10.1 Å². The molecule has 1 fully saturated rings. The topological polar surface area (TPSA) is 75.8 Å². The summed E-state index contributed by atoms with van der Waals surface area (Å²) in [6.07, 6.45) is 5.93. The molecule has 0 heterocycles. The zero-order valence-electron chi connectivity index (χ0n) is 13.0. The Hall–Kier alpha value is -1.66. The monoisotopic (exact) mass is 308 g/mol. The highest BCUT2D eigenvalue weighted by Gasteiger charge is 2.22. The summed E-state index contributed by atoms with van der Waals surface area (Å²) in [4.78, 5) is 12.8. The highest BCUT2D eigenvalue weighted by atomic mass is 16.6. The molecule has 1 aromatic rings. The van der Waals surface area contributed by atoms with Crippen molar-refractivity contribution in [1.29, 1.82) is 0 Å². The molecular weight excluding hydrogens is 284 g/mol. The van der Waals surface area contributed by atoms with Crippen molar-refractivity contribution in [2.24, 2.45) is 0 Å². The van der Waals surface area contributed by atoms with Gasteiger partial charge in [0.2, 0.25) is 0 Å². The number of non-ortho nitro benzene ring substituents is 1. The number of rotatable bonds is 7. The highest BCUT2D eigenvalue weighted by Crippen LogP contribution is 2.29. The van der Waals surface area contributed by atoms with Crippen molar-refractivity contribution in [3.63, 3.8) is 0 Å². The average Bonchev–Trinajstić information content (AvgIpc) is 2.55. The summed E-state index contributed by atoms with van der Waals surface area (Å²) in [6, 6.07) is 5.11. The molecule has 1 aliphatic carbocycles. The minimum atomic E-state index is -0.389. The van der Waals surface area contributed by atoms with Crippen molar-refractivity contribution >= 4 is 5.69 Å². The number of nitro benzene ring substituents is 1. The van der Waals surface area contributed by atoms with Crippen LogP contribution in [0.5, 0.6) is 5.75 Å². The van der Waals surface area contributed by atoms with Crippen LogP contribution in [0.15, 0.2) is 18.2 Å². The lowest BCUT2D eigenvalue weighted by molar-refractivity contribution is -0.385. The molecule has 1 N–H and O–H groups in total. The van der Waals surface area contributed by atoms with E-state index in [2.05, 4.69) is 4.90 Å². The van der Waals surface area contributed by atoms with Crippen LogP contribution in [-0.2, 0) is 6.54 Å². The molecule has 1 aliphatic rings. The van der Waals surface area contributed by atoms with Gasteiger partial charge in [0.25, 0.3) is 5.69 Å². The SMILES string of the molecule is COc1ccc([N+](=O)[O-])cc1CN(CCO)C1CCCCC1. The van der Waals surface area contributed by atoms with Crippen LogP contribution in [0.25, 0.3) is 0 Å². The number of ether oxygens (including phenoxy) is 1. The van der Waals surface area contributed by atoms with Gasteiger partial charge in [-0.3, -0.25) is 15.0 Å². The second kappa shape index (κ2) is 8.10. The summed E-state index contributed by atoms with van der Waals surface area (Å²) >= 11 is 0. The third-order valence-electron chi connectivity index (χ3n) is 4.33. The lowest BCUT2D eigenvalue weighted by Crippen LogP contribution is -2.38. The first kappa shape index (κ1) is 16.7. The first-order valence-corrected chi connectivity index (χ1v) is 7.82. The smallest absolute Gasteiger partial charge is 0.270 e. The molecule has 1 aromatic carbocycles. The number of nitrogens with zero attached hydrogens (tertiary/aromatic N) is 2. The minimum absolute atomic E-state index is 0.0726. The lowest BCUT2D eigenvalue weighted by Gasteiger charge is -2.34. The molecular formula is C16H24N2O4. The van der Waals surface area contributed by atoms with E-state index in [-0.39, 0.29) is 17.2 Å². The predicted octanol–water partition coefficient (Wildman–Crippen LogP) is 2.73. The fourth-order valence-corrected chi connectivity index (χ4v) is 3.19. The summed E-state index contributed by atoms with van der Waals surface area (Å²) in [5, 5.41) is 20.3. The molecule has 22 heavy (non-hydrogen) atoms. The first-order chi connectivity index (χ1) is 10.7. The predicted molar refractivity (Wildman–Crippen MR) is 84.0 cm³/mol. The van der Waals surface area contributed by atoms with Crippen molar-refractivity contribution in [1.82, 2.24) is 4.90 Å². The van der Waals surface area contributed by atoms with Gasteiger partial charge in [0.1, 0.15) is 5.75 Å². The number of aliphatic hydroxyl groups excluding tert-OH is 1. The lowest BCUT2D eigenvalue weighted by atomic mass is 9.93. The fraction of sp³-hybridized carbons (Fsp3) is 0.625. The molecule has 0 bridgehead atoms. The normalized spacial score (nSPS) is 16.0. The summed E-state index contributed by atoms with van der Waals surface area (Å²) in [7, 11) is 1.57. The van der Waals surface area contributed by atoms with Gasteiger partial charge < -0.3 is 9.84 Å². The van der Waals surface area contributed by atoms with Crippen molar-refractivity contribution in [3.05, 3.63) is 33.9 Å². The van der Waals surface area contributed by atoms with Gasteiger partial charge in [-0.1, -0.05) is 19.3 Å². The molecule has 0 amide bonds. The van der Waals surface area contributed by atoms with Crippen LogP contribution in [0.3, 0.4) is 0 Å². The third-order valence-corrected chi connectivity index (χ3v) is 4.33. The van der Waals surface area contributed by atoms with E-state index in [4.69, 9.17) is 4.74 Å². The van der Waals surface area contributed by atoms with Crippen molar-refractivity contribution < 1.29 is 14.8 Å². The van der Waals surface area contributed by atoms with Crippen molar-refractivity contribution in [2.75, 3.05) is 20.3 Å². The van der Waals surface area contributed by atoms with E-state index in [0.29, 0.717) is 24.9 Å². The summed E-state index contributed by atoms with van der Waals surface area (Å²) in [5.41, 5.74) is 0.874. The van der Waals surface area contributed by atoms with E-state index in [9.17, 15) is 15.2 Å². The maximum absolute atomic E-state index is 11.0. The summed E-state index contributed by atoms with van der Waals surface area (Å²) in [5.74, 6) is 0.657. The van der Waals surface area contributed by atoms with Crippen LogP contribution in [-0.4, -0.2) is 41.2 Å². The number of nitro groups is 1. The molecule has 2 rings (SSSR count). The number of hydrogen-bond donors (Lipinski definition) is 1. The molecule has 0 radical (unpaired) electrons. The Balaban J connectivity index is 2.20. The minimum Gasteiger partial charge on any atom is -0.496 e. The van der Waals surface area contributed by atoms with Crippen LogP contribution in [0.2, 0.25) is 0 Å². The summed E-state index contributed by atoms with van der Waals surface area (Å²) < 4.78 is 5.33. The molecule has 0 unspecified atom stereocenters. The molecule has 122 valence electrons. The molecule has 1 saturated carbocycles. The van der Waals surface area contributed by atoms with Crippen LogP contribution in [0.4, 0.5) is 5.69 Å². The van der Waals surface area contributed by atoms with Gasteiger partial charge in [-0.15, -0.1) is 0 Å². The second-order valence-corrected chi connectivity index (χ2v) is 5.74. The zero-order valence-corrected chi connectivity index (χ0v) is 13.0. The Labute approximate surface area is 130 Å². The molecule has 0 atom stereocenters. The van der Waals surface area contributed by atoms with Crippen LogP contribution < -0.4 is 4.74 Å². The molecule has 0 spiro atoms.